The summed E-state index contributed by atoms with van der Waals surface area (Å²) in [6.07, 6.45) is 7.95. The first-order valence-corrected chi connectivity index (χ1v) is 10.4. The SMILES string of the molecule is C[C@H](Nc1nc2ccc(Oc3ccc([N+](=O)[O-])nc3)cc2s1)C1CCCCC1. The topological polar surface area (TPSA) is 90.2 Å². The summed E-state index contributed by atoms with van der Waals surface area (Å²) in [4.78, 5) is 18.6. The summed E-state index contributed by atoms with van der Waals surface area (Å²) in [5.74, 6) is 1.62. The zero-order chi connectivity index (χ0) is 19.5. The molecular formula is C20H22N4O3S. The maximum absolute atomic E-state index is 10.7. The third-order valence-electron chi connectivity index (χ3n) is 5.21. The van der Waals surface area contributed by atoms with Gasteiger partial charge in [0, 0.05) is 18.2 Å². The Hall–Kier alpha value is -2.74. The standard InChI is InChI=1S/C20H22N4O3S/c1-13(14-5-3-2-4-6-14)22-20-23-17-9-7-15(11-18(17)28-20)27-16-8-10-19(21-12-16)24(25)26/h7-14H,2-6H2,1H3,(H,22,23)/t13-/m0/s1. The molecule has 7 nitrogen and oxygen atoms in total. The molecule has 2 aromatic heterocycles. The highest BCUT2D eigenvalue weighted by Crippen LogP contribution is 2.33. The minimum Gasteiger partial charge on any atom is -0.453 e. The summed E-state index contributed by atoms with van der Waals surface area (Å²) < 4.78 is 6.81. The number of hydrogen-bond acceptors (Lipinski definition) is 7. The lowest BCUT2D eigenvalue weighted by Gasteiger charge is -2.28. The van der Waals surface area contributed by atoms with Crippen molar-refractivity contribution in [3.05, 3.63) is 46.6 Å². The van der Waals surface area contributed by atoms with E-state index >= 15 is 0 Å². The van der Waals surface area contributed by atoms with Crippen LogP contribution in [0.25, 0.3) is 10.2 Å². The lowest BCUT2D eigenvalue weighted by molar-refractivity contribution is -0.389. The van der Waals surface area contributed by atoms with Gasteiger partial charge in [0.25, 0.3) is 0 Å². The molecular weight excluding hydrogens is 376 g/mol. The van der Waals surface area contributed by atoms with Gasteiger partial charge in [-0.1, -0.05) is 30.6 Å². The highest BCUT2D eigenvalue weighted by molar-refractivity contribution is 7.22. The molecule has 0 aliphatic heterocycles. The molecule has 0 bridgehead atoms. The molecule has 28 heavy (non-hydrogen) atoms. The molecule has 1 saturated carbocycles. The normalized spacial score (nSPS) is 16.0. The Labute approximate surface area is 166 Å². The van der Waals surface area contributed by atoms with Gasteiger partial charge in [0.1, 0.15) is 5.75 Å². The van der Waals surface area contributed by atoms with E-state index in [1.807, 2.05) is 18.2 Å². The highest BCUT2D eigenvalue weighted by atomic mass is 32.1. The number of nitrogens with zero attached hydrogens (tertiary/aromatic N) is 3. The van der Waals surface area contributed by atoms with Crippen molar-refractivity contribution in [3.8, 4) is 11.5 Å². The van der Waals surface area contributed by atoms with E-state index in [0.717, 1.165) is 15.3 Å². The van der Waals surface area contributed by atoms with Crippen LogP contribution in [-0.2, 0) is 0 Å². The molecule has 0 amide bonds. The first-order valence-electron chi connectivity index (χ1n) is 9.54. The van der Waals surface area contributed by atoms with Crippen LogP contribution < -0.4 is 10.1 Å². The predicted octanol–water partition coefficient (Wildman–Crippen LogP) is 5.77. The molecule has 3 aromatic rings. The molecule has 2 heterocycles. The largest absolute Gasteiger partial charge is 0.453 e. The number of fused-ring (bicyclic) bond motifs is 1. The van der Waals surface area contributed by atoms with Crippen molar-refractivity contribution in [2.75, 3.05) is 5.32 Å². The number of hydrogen-bond donors (Lipinski definition) is 1. The quantitative estimate of drug-likeness (QED) is 0.418. The zero-order valence-corrected chi connectivity index (χ0v) is 16.4. The molecule has 1 aliphatic carbocycles. The second kappa shape index (κ2) is 8.10. The van der Waals surface area contributed by atoms with E-state index in [2.05, 4.69) is 17.2 Å². The smallest absolute Gasteiger partial charge is 0.363 e. The van der Waals surface area contributed by atoms with Gasteiger partial charge in [-0.2, -0.15) is 0 Å². The molecule has 1 atom stereocenters. The average molecular weight is 398 g/mol. The molecule has 1 N–H and O–H groups in total. The first kappa shape index (κ1) is 18.6. The Morgan fingerprint density at radius 1 is 1.21 bits per heavy atom. The Kier molecular flexibility index (Phi) is 5.38. The van der Waals surface area contributed by atoms with Crippen LogP contribution in [0.3, 0.4) is 0 Å². The van der Waals surface area contributed by atoms with Crippen molar-refractivity contribution in [1.82, 2.24) is 9.97 Å². The van der Waals surface area contributed by atoms with Gasteiger partial charge in [0.15, 0.2) is 17.1 Å². The van der Waals surface area contributed by atoms with Gasteiger partial charge in [-0.25, -0.2) is 4.98 Å². The second-order valence-corrected chi connectivity index (χ2v) is 8.22. The van der Waals surface area contributed by atoms with Crippen molar-refractivity contribution < 1.29 is 9.66 Å². The Bertz CT molecular complexity index is 967. The van der Waals surface area contributed by atoms with Crippen LogP contribution in [0, 0.1) is 16.0 Å². The van der Waals surface area contributed by atoms with Gasteiger partial charge in [-0.3, -0.25) is 0 Å². The van der Waals surface area contributed by atoms with E-state index in [1.165, 1.54) is 44.4 Å². The summed E-state index contributed by atoms with van der Waals surface area (Å²) in [7, 11) is 0. The van der Waals surface area contributed by atoms with Gasteiger partial charge in [-0.15, -0.1) is 0 Å². The lowest BCUT2D eigenvalue weighted by Crippen LogP contribution is -2.27. The summed E-state index contributed by atoms with van der Waals surface area (Å²) in [6, 6.07) is 9.00. The fourth-order valence-electron chi connectivity index (χ4n) is 3.65. The summed E-state index contributed by atoms with van der Waals surface area (Å²) in [5, 5.41) is 15.2. The average Bonchev–Trinajstić information content (AvgIpc) is 3.10. The van der Waals surface area contributed by atoms with Crippen molar-refractivity contribution in [2.45, 2.75) is 45.1 Å². The van der Waals surface area contributed by atoms with Gasteiger partial charge >= 0.3 is 5.82 Å². The van der Waals surface area contributed by atoms with E-state index in [0.29, 0.717) is 23.5 Å². The molecule has 1 aliphatic rings. The van der Waals surface area contributed by atoms with Gasteiger partial charge in [0.05, 0.1) is 10.2 Å². The Morgan fingerprint density at radius 2 is 2.00 bits per heavy atom. The fourth-order valence-corrected chi connectivity index (χ4v) is 4.64. The predicted molar refractivity (Wildman–Crippen MR) is 110 cm³/mol. The van der Waals surface area contributed by atoms with E-state index < -0.39 is 4.92 Å². The van der Waals surface area contributed by atoms with Gasteiger partial charge in [0.2, 0.25) is 0 Å². The van der Waals surface area contributed by atoms with Crippen LogP contribution in [0.15, 0.2) is 36.5 Å². The number of thiazole rings is 1. The molecule has 4 rings (SSSR count). The third-order valence-corrected chi connectivity index (χ3v) is 6.16. The molecule has 1 fully saturated rings. The van der Waals surface area contributed by atoms with Crippen LogP contribution in [0.2, 0.25) is 0 Å². The van der Waals surface area contributed by atoms with Crippen LogP contribution in [0.1, 0.15) is 39.0 Å². The number of rotatable bonds is 6. The molecule has 1 aromatic carbocycles. The van der Waals surface area contributed by atoms with E-state index in [-0.39, 0.29) is 5.82 Å². The summed E-state index contributed by atoms with van der Waals surface area (Å²) in [6.45, 7) is 2.25. The molecule has 146 valence electrons. The van der Waals surface area contributed by atoms with Crippen molar-refractivity contribution in [3.63, 3.8) is 0 Å². The summed E-state index contributed by atoms with van der Waals surface area (Å²) in [5.41, 5.74) is 0.928. The monoisotopic (exact) mass is 398 g/mol. The van der Waals surface area contributed by atoms with Crippen molar-refractivity contribution in [2.24, 2.45) is 5.92 Å². The maximum atomic E-state index is 10.7. The van der Waals surface area contributed by atoms with Crippen LogP contribution in [0.5, 0.6) is 11.5 Å². The molecule has 8 heteroatoms. The van der Waals surface area contributed by atoms with Crippen molar-refractivity contribution in [1.29, 1.82) is 0 Å². The fraction of sp³-hybridized carbons (Fsp3) is 0.400. The third kappa shape index (κ3) is 4.22. The number of nitro groups is 1. The number of aromatic nitrogens is 2. The van der Waals surface area contributed by atoms with Crippen molar-refractivity contribution >= 4 is 32.5 Å². The number of benzene rings is 1. The first-order chi connectivity index (χ1) is 13.6. The van der Waals surface area contributed by atoms with Crippen LogP contribution >= 0.6 is 11.3 Å². The number of pyridine rings is 1. The number of ether oxygens (including phenoxy) is 1. The van der Waals surface area contributed by atoms with Crippen LogP contribution in [-0.4, -0.2) is 20.9 Å². The highest BCUT2D eigenvalue weighted by Gasteiger charge is 2.21. The van der Waals surface area contributed by atoms with Gasteiger partial charge < -0.3 is 20.2 Å². The number of anilines is 1. The zero-order valence-electron chi connectivity index (χ0n) is 15.6. The Balaban J connectivity index is 1.46. The van der Waals surface area contributed by atoms with E-state index in [9.17, 15) is 10.1 Å². The minimum absolute atomic E-state index is 0.201. The Morgan fingerprint density at radius 3 is 2.71 bits per heavy atom. The minimum atomic E-state index is -0.532. The second-order valence-electron chi connectivity index (χ2n) is 7.19. The molecule has 0 unspecified atom stereocenters. The molecule has 0 radical (unpaired) electrons. The van der Waals surface area contributed by atoms with E-state index in [4.69, 9.17) is 9.72 Å². The molecule has 0 spiro atoms. The molecule has 0 saturated heterocycles. The van der Waals surface area contributed by atoms with Crippen LogP contribution in [0.4, 0.5) is 10.9 Å². The van der Waals surface area contributed by atoms with Gasteiger partial charge in [-0.05, 0) is 53.8 Å². The van der Waals surface area contributed by atoms with E-state index in [1.54, 1.807) is 17.4 Å². The summed E-state index contributed by atoms with van der Waals surface area (Å²) >= 11 is 1.61. The number of nitrogens with one attached hydrogen (secondary N) is 1. The maximum Gasteiger partial charge on any atom is 0.363 e. The lowest BCUT2D eigenvalue weighted by atomic mass is 9.85.